The van der Waals surface area contributed by atoms with Crippen molar-refractivity contribution in [3.8, 4) is 0 Å². The molecule has 1 aromatic rings. The summed E-state index contributed by atoms with van der Waals surface area (Å²) < 4.78 is 0. The molecule has 0 unspecified atom stereocenters. The summed E-state index contributed by atoms with van der Waals surface area (Å²) in [7, 11) is 0. The number of nitrogens with one attached hydrogen (secondary N) is 1. The van der Waals surface area contributed by atoms with Gasteiger partial charge in [-0.1, -0.05) is 24.6 Å². The third kappa shape index (κ3) is 4.45. The summed E-state index contributed by atoms with van der Waals surface area (Å²) in [6.45, 7) is 7.87. The molecule has 1 N–H and O–H groups in total. The van der Waals surface area contributed by atoms with E-state index in [0.29, 0.717) is 16.5 Å². The average Bonchev–Trinajstić information content (AvgIpc) is 2.50. The summed E-state index contributed by atoms with van der Waals surface area (Å²) in [4.78, 5) is 14.7. The lowest BCUT2D eigenvalue weighted by atomic mass is 9.97. The number of aryl methyl sites for hydroxylation is 1. The molecular formula is C17H25ClN2O. The Balaban J connectivity index is 2.08. The molecular weight excluding hydrogens is 284 g/mol. The van der Waals surface area contributed by atoms with Gasteiger partial charge in [-0.05, 0) is 62.9 Å². The lowest BCUT2D eigenvalue weighted by molar-refractivity contribution is 0.0716. The number of rotatable bonds is 5. The molecule has 0 aromatic heterocycles. The summed E-state index contributed by atoms with van der Waals surface area (Å²) in [5, 5.41) is 4.04. The van der Waals surface area contributed by atoms with Crippen molar-refractivity contribution >= 4 is 17.5 Å². The fourth-order valence-electron chi connectivity index (χ4n) is 2.83. The molecule has 116 valence electrons. The van der Waals surface area contributed by atoms with Crippen LogP contribution >= 0.6 is 11.6 Å². The van der Waals surface area contributed by atoms with E-state index in [1.807, 2.05) is 24.0 Å². The fraction of sp³-hybridized carbons (Fsp3) is 0.588. The molecule has 2 rings (SSSR count). The highest BCUT2D eigenvalue weighted by molar-refractivity contribution is 6.31. The Bertz CT molecular complexity index is 484. The zero-order valence-corrected chi connectivity index (χ0v) is 13.7. The molecule has 1 amide bonds. The quantitative estimate of drug-likeness (QED) is 0.903. The molecule has 1 aliphatic heterocycles. The molecule has 1 aliphatic rings. The summed E-state index contributed by atoms with van der Waals surface area (Å²) in [5.74, 6) is 0.722. The minimum absolute atomic E-state index is 0.109. The highest BCUT2D eigenvalue weighted by Gasteiger charge is 2.21. The van der Waals surface area contributed by atoms with Crippen LogP contribution < -0.4 is 5.32 Å². The zero-order chi connectivity index (χ0) is 15.2. The largest absolute Gasteiger partial charge is 0.338 e. The van der Waals surface area contributed by atoms with Crippen LogP contribution in [0.5, 0.6) is 0 Å². The van der Waals surface area contributed by atoms with Gasteiger partial charge in [0, 0.05) is 23.7 Å². The number of hydrogen-bond acceptors (Lipinski definition) is 2. The number of benzene rings is 1. The number of nitrogens with zero attached hydrogens (tertiary/aromatic N) is 1. The average molecular weight is 309 g/mol. The number of amides is 1. The van der Waals surface area contributed by atoms with Gasteiger partial charge in [-0.2, -0.15) is 0 Å². The van der Waals surface area contributed by atoms with Crippen LogP contribution in [0.3, 0.4) is 0 Å². The molecule has 0 spiro atoms. The van der Waals surface area contributed by atoms with Gasteiger partial charge < -0.3 is 10.2 Å². The maximum absolute atomic E-state index is 12.7. The van der Waals surface area contributed by atoms with E-state index in [9.17, 15) is 4.79 Å². The lowest BCUT2D eigenvalue weighted by Gasteiger charge is -2.30. The van der Waals surface area contributed by atoms with Crippen molar-refractivity contribution in [1.82, 2.24) is 10.2 Å². The number of piperidine rings is 1. The molecule has 1 aromatic carbocycles. The molecule has 1 saturated heterocycles. The van der Waals surface area contributed by atoms with Gasteiger partial charge in [-0.3, -0.25) is 4.79 Å². The van der Waals surface area contributed by atoms with Crippen LogP contribution in [0, 0.1) is 12.8 Å². The second kappa shape index (κ2) is 7.81. The van der Waals surface area contributed by atoms with E-state index in [-0.39, 0.29) is 5.91 Å². The van der Waals surface area contributed by atoms with Gasteiger partial charge in [0.15, 0.2) is 0 Å². The third-order valence-electron chi connectivity index (χ3n) is 4.14. The highest BCUT2D eigenvalue weighted by atomic mass is 35.5. The molecule has 0 saturated carbocycles. The van der Waals surface area contributed by atoms with Crippen LogP contribution in [-0.2, 0) is 0 Å². The Morgan fingerprint density at radius 1 is 1.38 bits per heavy atom. The Morgan fingerprint density at radius 3 is 2.71 bits per heavy atom. The van der Waals surface area contributed by atoms with Gasteiger partial charge in [0.05, 0.1) is 0 Å². The second-order valence-electron chi connectivity index (χ2n) is 5.91. The smallest absolute Gasteiger partial charge is 0.253 e. The summed E-state index contributed by atoms with van der Waals surface area (Å²) in [6, 6.07) is 5.60. The van der Waals surface area contributed by atoms with Gasteiger partial charge in [0.1, 0.15) is 0 Å². The topological polar surface area (TPSA) is 32.3 Å². The van der Waals surface area contributed by atoms with Crippen LogP contribution in [0.2, 0.25) is 5.02 Å². The lowest BCUT2D eigenvalue weighted by Crippen LogP contribution is -2.39. The van der Waals surface area contributed by atoms with Gasteiger partial charge in [-0.15, -0.1) is 0 Å². The minimum Gasteiger partial charge on any atom is -0.338 e. The zero-order valence-electron chi connectivity index (χ0n) is 13.0. The van der Waals surface area contributed by atoms with Crippen LogP contribution in [-0.4, -0.2) is 37.0 Å². The Kier molecular flexibility index (Phi) is 6.07. The Labute approximate surface area is 132 Å². The van der Waals surface area contributed by atoms with Crippen molar-refractivity contribution in [2.75, 3.05) is 26.2 Å². The first-order valence-corrected chi connectivity index (χ1v) is 8.25. The van der Waals surface area contributed by atoms with Crippen molar-refractivity contribution in [1.29, 1.82) is 0 Å². The second-order valence-corrected chi connectivity index (χ2v) is 6.32. The van der Waals surface area contributed by atoms with E-state index in [1.54, 1.807) is 6.07 Å². The van der Waals surface area contributed by atoms with E-state index >= 15 is 0 Å². The molecule has 0 radical (unpaired) electrons. The van der Waals surface area contributed by atoms with Crippen LogP contribution in [0.25, 0.3) is 0 Å². The van der Waals surface area contributed by atoms with E-state index in [4.69, 9.17) is 11.6 Å². The summed E-state index contributed by atoms with van der Waals surface area (Å²) in [6.07, 6.45) is 3.29. The van der Waals surface area contributed by atoms with Crippen molar-refractivity contribution in [2.45, 2.75) is 33.1 Å². The summed E-state index contributed by atoms with van der Waals surface area (Å²) >= 11 is 6.15. The van der Waals surface area contributed by atoms with Gasteiger partial charge >= 0.3 is 0 Å². The first-order chi connectivity index (χ1) is 10.1. The molecule has 21 heavy (non-hydrogen) atoms. The van der Waals surface area contributed by atoms with Crippen LogP contribution in [0.1, 0.15) is 42.1 Å². The Hall–Kier alpha value is -1.06. The molecule has 1 heterocycles. The predicted molar refractivity (Wildman–Crippen MR) is 88.0 cm³/mol. The van der Waals surface area contributed by atoms with Crippen LogP contribution in [0.4, 0.5) is 0 Å². The third-order valence-corrected chi connectivity index (χ3v) is 4.54. The van der Waals surface area contributed by atoms with Gasteiger partial charge in [0.2, 0.25) is 0 Å². The number of carbonyl (C=O) groups is 1. The maximum atomic E-state index is 12.7. The van der Waals surface area contributed by atoms with E-state index < -0.39 is 0 Å². The van der Waals surface area contributed by atoms with Crippen molar-refractivity contribution in [2.24, 2.45) is 5.92 Å². The normalized spacial score (nSPS) is 16.0. The monoisotopic (exact) mass is 308 g/mol. The van der Waals surface area contributed by atoms with Gasteiger partial charge in [0.25, 0.3) is 5.91 Å². The number of hydrogen-bond donors (Lipinski definition) is 1. The first kappa shape index (κ1) is 16.3. The maximum Gasteiger partial charge on any atom is 0.253 e. The standard InChI is InChI=1S/C17H25ClN2O/c1-3-10-20(12-14-6-8-19-9-7-14)17(21)15-5-4-13(2)16(18)11-15/h4-5,11,14,19H,3,6-10,12H2,1-2H3. The fourth-order valence-corrected chi connectivity index (χ4v) is 3.01. The SMILES string of the molecule is CCCN(CC1CCNCC1)C(=O)c1ccc(C)c(Cl)c1. The Morgan fingerprint density at radius 2 is 2.10 bits per heavy atom. The molecule has 0 bridgehead atoms. The van der Waals surface area contributed by atoms with E-state index in [1.165, 1.54) is 0 Å². The van der Waals surface area contributed by atoms with Crippen molar-refractivity contribution in [3.63, 3.8) is 0 Å². The highest BCUT2D eigenvalue weighted by Crippen LogP contribution is 2.20. The molecule has 3 nitrogen and oxygen atoms in total. The van der Waals surface area contributed by atoms with E-state index in [2.05, 4.69) is 12.2 Å². The minimum atomic E-state index is 0.109. The predicted octanol–water partition coefficient (Wildman–Crippen LogP) is 3.50. The van der Waals surface area contributed by atoms with Crippen molar-refractivity contribution < 1.29 is 4.79 Å². The number of halogens is 1. The van der Waals surface area contributed by atoms with Crippen LogP contribution in [0.15, 0.2) is 18.2 Å². The van der Waals surface area contributed by atoms with Gasteiger partial charge in [-0.25, -0.2) is 0 Å². The molecule has 4 heteroatoms. The first-order valence-electron chi connectivity index (χ1n) is 7.88. The van der Waals surface area contributed by atoms with E-state index in [0.717, 1.165) is 51.0 Å². The van der Waals surface area contributed by atoms with Crippen molar-refractivity contribution in [3.05, 3.63) is 34.3 Å². The molecule has 1 fully saturated rings. The molecule has 0 atom stereocenters. The number of carbonyl (C=O) groups excluding carboxylic acids is 1. The molecule has 0 aliphatic carbocycles. The summed E-state index contributed by atoms with van der Waals surface area (Å²) in [5.41, 5.74) is 1.71.